The Labute approximate surface area is 152 Å². The van der Waals surface area contributed by atoms with E-state index in [4.69, 9.17) is 4.74 Å². The molecule has 1 aromatic heterocycles. The minimum Gasteiger partial charge on any atom is -0.491 e. The molecule has 0 saturated heterocycles. The second-order valence-electron chi connectivity index (χ2n) is 6.81. The summed E-state index contributed by atoms with van der Waals surface area (Å²) in [4.78, 5) is 13.8. The van der Waals surface area contributed by atoms with Crippen LogP contribution in [0.1, 0.15) is 53.6 Å². The number of hydrogen-bond acceptors (Lipinski definition) is 4. The Hall–Kier alpha value is -2.32. The van der Waals surface area contributed by atoms with Crippen molar-refractivity contribution in [3.05, 3.63) is 45.8 Å². The first-order chi connectivity index (χ1) is 12.0. The molecule has 1 aliphatic carbocycles. The highest BCUT2D eigenvalue weighted by Gasteiger charge is 2.24. The Kier molecular flexibility index (Phi) is 5.10. The third-order valence-electron chi connectivity index (χ3n) is 4.34. The van der Waals surface area contributed by atoms with Crippen LogP contribution in [0.25, 0.3) is 0 Å². The number of benzene rings is 1. The molecule has 0 fully saturated rings. The van der Waals surface area contributed by atoms with Gasteiger partial charge in [-0.1, -0.05) is 6.92 Å². The summed E-state index contributed by atoms with van der Waals surface area (Å²) in [7, 11) is 0. The van der Waals surface area contributed by atoms with Gasteiger partial charge < -0.3 is 10.1 Å². The molecule has 1 amide bonds. The molecule has 0 unspecified atom stereocenters. The van der Waals surface area contributed by atoms with E-state index >= 15 is 0 Å². The first-order valence-electron chi connectivity index (χ1n) is 8.60. The van der Waals surface area contributed by atoms with Crippen molar-refractivity contribution in [1.29, 1.82) is 5.26 Å². The standard InChI is InChI=1S/C20H22N2O2S/c1-12(2)24-15-7-5-14(6-8-15)19(23)22-20-17(11-21)16-9-4-13(3)10-18(16)25-20/h5-8,12-13H,4,9-10H2,1-3H3,(H,22,23)/t13-/m1/s1. The lowest BCUT2D eigenvalue weighted by atomic mass is 9.88. The van der Waals surface area contributed by atoms with E-state index in [-0.39, 0.29) is 12.0 Å². The van der Waals surface area contributed by atoms with Crippen molar-refractivity contribution in [2.75, 3.05) is 5.32 Å². The van der Waals surface area contributed by atoms with E-state index in [1.54, 1.807) is 35.6 Å². The lowest BCUT2D eigenvalue weighted by Crippen LogP contribution is -2.12. The third-order valence-corrected chi connectivity index (χ3v) is 5.51. The summed E-state index contributed by atoms with van der Waals surface area (Å²) in [5.41, 5.74) is 2.32. The molecule has 4 nitrogen and oxygen atoms in total. The maximum atomic E-state index is 12.5. The van der Waals surface area contributed by atoms with Crippen molar-refractivity contribution < 1.29 is 9.53 Å². The van der Waals surface area contributed by atoms with E-state index < -0.39 is 0 Å². The highest BCUT2D eigenvalue weighted by Crippen LogP contribution is 2.39. The van der Waals surface area contributed by atoms with Gasteiger partial charge in [-0.15, -0.1) is 11.3 Å². The van der Waals surface area contributed by atoms with Crippen molar-refractivity contribution >= 4 is 22.2 Å². The highest BCUT2D eigenvalue weighted by molar-refractivity contribution is 7.16. The second-order valence-corrected chi connectivity index (χ2v) is 7.92. The molecule has 1 N–H and O–H groups in total. The minimum absolute atomic E-state index is 0.0951. The lowest BCUT2D eigenvalue weighted by Gasteiger charge is -2.17. The molecule has 3 rings (SSSR count). The van der Waals surface area contributed by atoms with E-state index in [2.05, 4.69) is 18.3 Å². The quantitative estimate of drug-likeness (QED) is 0.859. The fraction of sp³-hybridized carbons (Fsp3) is 0.400. The van der Waals surface area contributed by atoms with E-state index in [1.165, 1.54) is 4.88 Å². The van der Waals surface area contributed by atoms with Gasteiger partial charge in [-0.3, -0.25) is 4.79 Å². The van der Waals surface area contributed by atoms with Gasteiger partial charge in [0.1, 0.15) is 16.8 Å². The molecule has 2 aromatic rings. The average molecular weight is 354 g/mol. The summed E-state index contributed by atoms with van der Waals surface area (Å²) in [5, 5.41) is 13.1. The number of fused-ring (bicyclic) bond motifs is 1. The number of nitrogens with one attached hydrogen (secondary N) is 1. The smallest absolute Gasteiger partial charge is 0.256 e. The molecule has 0 spiro atoms. The SMILES string of the molecule is CC(C)Oc1ccc(C(=O)Nc2sc3c(c2C#N)CC[C@@H](C)C3)cc1. The Morgan fingerprint density at radius 2 is 2.08 bits per heavy atom. The van der Waals surface area contributed by atoms with Crippen LogP contribution in [0.3, 0.4) is 0 Å². The van der Waals surface area contributed by atoms with Gasteiger partial charge in [0.25, 0.3) is 5.91 Å². The zero-order valence-corrected chi connectivity index (χ0v) is 15.6. The van der Waals surface area contributed by atoms with Crippen LogP contribution in [-0.2, 0) is 12.8 Å². The van der Waals surface area contributed by atoms with Gasteiger partial charge >= 0.3 is 0 Å². The molecule has 0 aliphatic heterocycles. The van der Waals surface area contributed by atoms with E-state index in [1.807, 2.05) is 13.8 Å². The van der Waals surface area contributed by atoms with Gasteiger partial charge in [0.15, 0.2) is 0 Å². The number of anilines is 1. The van der Waals surface area contributed by atoms with Crippen LogP contribution < -0.4 is 10.1 Å². The van der Waals surface area contributed by atoms with Crippen LogP contribution in [0.5, 0.6) is 5.75 Å². The molecule has 25 heavy (non-hydrogen) atoms. The van der Waals surface area contributed by atoms with Crippen molar-refractivity contribution in [2.45, 2.75) is 46.1 Å². The number of carbonyl (C=O) groups excluding carboxylic acids is 1. The first-order valence-corrected chi connectivity index (χ1v) is 9.42. The van der Waals surface area contributed by atoms with E-state index in [0.717, 1.165) is 30.6 Å². The molecule has 1 aromatic carbocycles. The second kappa shape index (κ2) is 7.28. The number of rotatable bonds is 4. The van der Waals surface area contributed by atoms with Crippen LogP contribution >= 0.6 is 11.3 Å². The number of nitrogens with zero attached hydrogens (tertiary/aromatic N) is 1. The van der Waals surface area contributed by atoms with Crippen molar-refractivity contribution in [2.24, 2.45) is 5.92 Å². The zero-order chi connectivity index (χ0) is 18.0. The van der Waals surface area contributed by atoms with Crippen molar-refractivity contribution in [3.8, 4) is 11.8 Å². The summed E-state index contributed by atoms with van der Waals surface area (Å²) in [6, 6.07) is 9.36. The van der Waals surface area contributed by atoms with Gasteiger partial charge in [0.05, 0.1) is 11.7 Å². The molecule has 0 saturated carbocycles. The summed E-state index contributed by atoms with van der Waals surface area (Å²) in [6.07, 6.45) is 3.11. The molecule has 0 bridgehead atoms. The Balaban J connectivity index is 1.78. The Bertz CT molecular complexity index is 815. The van der Waals surface area contributed by atoms with Crippen LogP contribution in [0.15, 0.2) is 24.3 Å². The average Bonchev–Trinajstić information content (AvgIpc) is 2.90. The maximum absolute atomic E-state index is 12.5. The largest absolute Gasteiger partial charge is 0.491 e. The highest BCUT2D eigenvalue weighted by atomic mass is 32.1. The number of hydrogen-bond donors (Lipinski definition) is 1. The van der Waals surface area contributed by atoms with Crippen LogP contribution in [-0.4, -0.2) is 12.0 Å². The van der Waals surface area contributed by atoms with Crippen molar-refractivity contribution in [1.82, 2.24) is 0 Å². The number of nitriles is 1. The third kappa shape index (κ3) is 3.85. The van der Waals surface area contributed by atoms with Gasteiger partial charge in [-0.2, -0.15) is 5.26 Å². The number of thiophene rings is 1. The topological polar surface area (TPSA) is 62.1 Å². The number of amides is 1. The normalized spacial score (nSPS) is 16.2. The molecule has 1 atom stereocenters. The molecule has 130 valence electrons. The summed E-state index contributed by atoms with van der Waals surface area (Å²) >= 11 is 1.55. The lowest BCUT2D eigenvalue weighted by molar-refractivity contribution is 0.102. The molecule has 1 heterocycles. The summed E-state index contributed by atoms with van der Waals surface area (Å²) < 4.78 is 5.60. The predicted molar refractivity (Wildman–Crippen MR) is 100 cm³/mol. The van der Waals surface area contributed by atoms with Gasteiger partial charge in [-0.05, 0) is 68.9 Å². The Morgan fingerprint density at radius 3 is 2.72 bits per heavy atom. The predicted octanol–water partition coefficient (Wildman–Crippen LogP) is 4.78. The number of carbonyl (C=O) groups is 1. The van der Waals surface area contributed by atoms with Gasteiger partial charge in [-0.25, -0.2) is 0 Å². The first kappa shape index (κ1) is 17.5. The zero-order valence-electron chi connectivity index (χ0n) is 14.8. The van der Waals surface area contributed by atoms with Crippen LogP contribution in [0, 0.1) is 17.2 Å². The molecular weight excluding hydrogens is 332 g/mol. The van der Waals surface area contributed by atoms with Crippen LogP contribution in [0.2, 0.25) is 0 Å². The summed E-state index contributed by atoms with van der Waals surface area (Å²) in [5.74, 6) is 1.18. The monoisotopic (exact) mass is 354 g/mol. The fourth-order valence-electron chi connectivity index (χ4n) is 3.09. The molecule has 0 radical (unpaired) electrons. The Morgan fingerprint density at radius 1 is 1.36 bits per heavy atom. The minimum atomic E-state index is -0.195. The molecule has 5 heteroatoms. The summed E-state index contributed by atoms with van der Waals surface area (Å²) in [6.45, 7) is 6.15. The molecule has 1 aliphatic rings. The fourth-order valence-corrected chi connectivity index (χ4v) is 4.45. The van der Waals surface area contributed by atoms with Crippen molar-refractivity contribution in [3.63, 3.8) is 0 Å². The number of ether oxygens (including phenoxy) is 1. The maximum Gasteiger partial charge on any atom is 0.256 e. The van der Waals surface area contributed by atoms with E-state index in [9.17, 15) is 10.1 Å². The van der Waals surface area contributed by atoms with Gasteiger partial charge in [0.2, 0.25) is 0 Å². The van der Waals surface area contributed by atoms with E-state index in [0.29, 0.717) is 22.0 Å². The molecular formula is C20H22N2O2S. The van der Waals surface area contributed by atoms with Crippen LogP contribution in [0.4, 0.5) is 5.00 Å². The van der Waals surface area contributed by atoms with Gasteiger partial charge in [0, 0.05) is 10.4 Å².